The Bertz CT molecular complexity index is 370. The molecule has 1 saturated heterocycles. The molecule has 1 aromatic heterocycles. The van der Waals surface area contributed by atoms with Crippen LogP contribution < -0.4 is 5.32 Å². The van der Waals surface area contributed by atoms with Gasteiger partial charge in [-0.15, -0.1) is 11.3 Å². The fourth-order valence-corrected chi connectivity index (χ4v) is 3.91. The van der Waals surface area contributed by atoms with Crippen LogP contribution in [-0.2, 0) is 5.41 Å². The first-order chi connectivity index (χ1) is 8.97. The third kappa shape index (κ3) is 4.30. The van der Waals surface area contributed by atoms with Gasteiger partial charge in [-0.1, -0.05) is 33.8 Å². The monoisotopic (exact) mass is 280 g/mol. The summed E-state index contributed by atoms with van der Waals surface area (Å²) in [4.78, 5) is 4.15. The topological polar surface area (TPSA) is 15.3 Å². The molecule has 0 saturated carbocycles. The summed E-state index contributed by atoms with van der Waals surface area (Å²) in [6.45, 7) is 14.1. The Morgan fingerprint density at radius 3 is 2.89 bits per heavy atom. The van der Waals surface area contributed by atoms with E-state index < -0.39 is 0 Å². The molecule has 1 aliphatic rings. The summed E-state index contributed by atoms with van der Waals surface area (Å²) in [5.74, 6) is 0.780. The molecule has 0 spiro atoms. The molecule has 0 bridgehead atoms. The van der Waals surface area contributed by atoms with Crippen molar-refractivity contribution < 1.29 is 0 Å². The van der Waals surface area contributed by atoms with Crippen molar-refractivity contribution in [2.24, 2.45) is 5.92 Å². The smallest absolute Gasteiger partial charge is 0.0198 e. The van der Waals surface area contributed by atoms with Gasteiger partial charge in [0.25, 0.3) is 0 Å². The third-order valence-corrected chi connectivity index (χ3v) is 5.14. The molecule has 2 heterocycles. The largest absolute Gasteiger partial charge is 0.311 e. The van der Waals surface area contributed by atoms with E-state index in [1.807, 2.05) is 11.3 Å². The maximum atomic E-state index is 3.66. The highest BCUT2D eigenvalue weighted by Crippen LogP contribution is 2.28. The fraction of sp³-hybridized carbons (Fsp3) is 0.750. The van der Waals surface area contributed by atoms with Crippen LogP contribution in [0.1, 0.15) is 39.0 Å². The molecule has 0 amide bonds. The molecule has 2 nitrogen and oxygen atoms in total. The normalized spacial score (nSPS) is 22.1. The minimum Gasteiger partial charge on any atom is -0.311 e. The Hall–Kier alpha value is -0.380. The molecule has 1 aliphatic heterocycles. The second kappa shape index (κ2) is 6.38. The first-order valence-electron chi connectivity index (χ1n) is 7.47. The predicted octanol–water partition coefficient (Wildman–Crippen LogP) is 3.35. The Morgan fingerprint density at radius 2 is 2.26 bits per heavy atom. The van der Waals surface area contributed by atoms with Gasteiger partial charge in [0.05, 0.1) is 0 Å². The molecule has 1 aromatic rings. The van der Waals surface area contributed by atoms with Crippen molar-refractivity contribution in [2.45, 2.75) is 45.6 Å². The Kier molecular flexibility index (Phi) is 5.04. The molecule has 1 fully saturated rings. The second-order valence-electron chi connectivity index (χ2n) is 6.88. The lowest BCUT2D eigenvalue weighted by atomic mass is 9.90. The van der Waals surface area contributed by atoms with E-state index in [0.29, 0.717) is 6.04 Å². The summed E-state index contributed by atoms with van der Waals surface area (Å²) < 4.78 is 0. The van der Waals surface area contributed by atoms with Gasteiger partial charge in [-0.05, 0) is 23.8 Å². The maximum absolute atomic E-state index is 3.66. The van der Waals surface area contributed by atoms with E-state index in [2.05, 4.69) is 55.4 Å². The van der Waals surface area contributed by atoms with Gasteiger partial charge in [-0.25, -0.2) is 0 Å². The first kappa shape index (κ1) is 15.0. The van der Waals surface area contributed by atoms with Crippen LogP contribution in [0.15, 0.2) is 17.5 Å². The van der Waals surface area contributed by atoms with Crippen molar-refractivity contribution in [2.75, 3.05) is 26.2 Å². The Balaban J connectivity index is 1.91. The highest BCUT2D eigenvalue weighted by Gasteiger charge is 2.28. The lowest BCUT2D eigenvalue weighted by Crippen LogP contribution is -2.53. The first-order valence-corrected chi connectivity index (χ1v) is 8.35. The van der Waals surface area contributed by atoms with Gasteiger partial charge in [0, 0.05) is 42.5 Å². The van der Waals surface area contributed by atoms with E-state index in [-0.39, 0.29) is 5.41 Å². The van der Waals surface area contributed by atoms with Gasteiger partial charge in [-0.2, -0.15) is 0 Å². The van der Waals surface area contributed by atoms with Crippen molar-refractivity contribution in [3.63, 3.8) is 0 Å². The average molecular weight is 280 g/mol. The number of thiophene rings is 1. The van der Waals surface area contributed by atoms with E-state index in [0.717, 1.165) is 12.5 Å². The Morgan fingerprint density at radius 1 is 1.47 bits per heavy atom. The number of hydrogen-bond donors (Lipinski definition) is 1. The summed E-state index contributed by atoms with van der Waals surface area (Å²) in [5, 5.41) is 5.85. The van der Waals surface area contributed by atoms with Crippen molar-refractivity contribution in [1.82, 2.24) is 10.2 Å². The molecule has 1 atom stereocenters. The van der Waals surface area contributed by atoms with E-state index in [1.54, 1.807) is 0 Å². The van der Waals surface area contributed by atoms with Gasteiger partial charge in [-0.3, -0.25) is 4.90 Å². The zero-order valence-corrected chi connectivity index (χ0v) is 13.6. The van der Waals surface area contributed by atoms with Crippen LogP contribution in [0, 0.1) is 5.92 Å². The lowest BCUT2D eigenvalue weighted by molar-refractivity contribution is 0.159. The van der Waals surface area contributed by atoms with Crippen LogP contribution in [0.25, 0.3) is 0 Å². The Labute approximate surface area is 122 Å². The van der Waals surface area contributed by atoms with Gasteiger partial charge < -0.3 is 5.32 Å². The van der Waals surface area contributed by atoms with Gasteiger partial charge in [0.2, 0.25) is 0 Å². The average Bonchev–Trinajstić information content (AvgIpc) is 2.81. The highest BCUT2D eigenvalue weighted by molar-refractivity contribution is 7.10. The van der Waals surface area contributed by atoms with E-state index in [1.165, 1.54) is 30.9 Å². The van der Waals surface area contributed by atoms with Crippen LogP contribution in [0.3, 0.4) is 0 Å². The molecular weight excluding hydrogens is 252 g/mol. The van der Waals surface area contributed by atoms with Gasteiger partial charge >= 0.3 is 0 Å². The van der Waals surface area contributed by atoms with Crippen LogP contribution in [0.5, 0.6) is 0 Å². The summed E-state index contributed by atoms with van der Waals surface area (Å²) in [5.41, 5.74) is 0.272. The molecule has 108 valence electrons. The zero-order valence-electron chi connectivity index (χ0n) is 12.8. The molecule has 0 aromatic carbocycles. The third-order valence-electron chi connectivity index (χ3n) is 3.90. The van der Waals surface area contributed by atoms with Gasteiger partial charge in [0.15, 0.2) is 0 Å². The molecule has 3 heteroatoms. The second-order valence-corrected chi connectivity index (χ2v) is 7.82. The van der Waals surface area contributed by atoms with Crippen molar-refractivity contribution >= 4 is 11.3 Å². The summed E-state index contributed by atoms with van der Waals surface area (Å²) >= 11 is 1.89. The lowest BCUT2D eigenvalue weighted by Gasteiger charge is -2.38. The van der Waals surface area contributed by atoms with Crippen molar-refractivity contribution in [1.29, 1.82) is 0 Å². The quantitative estimate of drug-likeness (QED) is 0.890. The molecule has 2 rings (SSSR count). The molecule has 0 aliphatic carbocycles. The highest BCUT2D eigenvalue weighted by atomic mass is 32.1. The molecular formula is C16H28N2S. The minimum absolute atomic E-state index is 0.272. The van der Waals surface area contributed by atoms with Crippen molar-refractivity contribution in [3.8, 4) is 0 Å². The summed E-state index contributed by atoms with van der Waals surface area (Å²) in [6.07, 6.45) is 1.29. The summed E-state index contributed by atoms with van der Waals surface area (Å²) in [6, 6.07) is 5.12. The van der Waals surface area contributed by atoms with E-state index in [9.17, 15) is 0 Å². The van der Waals surface area contributed by atoms with Crippen molar-refractivity contribution in [3.05, 3.63) is 22.4 Å². The SMILES string of the molecule is CC(C)CC1CN(CC(C)(C)c2cccs2)CCN1. The molecule has 1 N–H and O–H groups in total. The maximum Gasteiger partial charge on any atom is 0.0198 e. The number of nitrogens with one attached hydrogen (secondary N) is 1. The standard InChI is InChI=1S/C16H28N2S/c1-13(2)10-14-11-18(8-7-17-14)12-16(3,4)15-6-5-9-19-15/h5-6,9,13-14,17H,7-8,10-12H2,1-4H3. The number of rotatable bonds is 5. The molecule has 0 radical (unpaired) electrons. The number of piperazine rings is 1. The van der Waals surface area contributed by atoms with E-state index in [4.69, 9.17) is 0 Å². The predicted molar refractivity (Wildman–Crippen MR) is 85.0 cm³/mol. The van der Waals surface area contributed by atoms with Crippen LogP contribution >= 0.6 is 11.3 Å². The fourth-order valence-electron chi connectivity index (χ4n) is 3.07. The number of nitrogens with zero attached hydrogens (tertiary/aromatic N) is 1. The van der Waals surface area contributed by atoms with Crippen LogP contribution in [-0.4, -0.2) is 37.1 Å². The zero-order chi connectivity index (χ0) is 13.9. The van der Waals surface area contributed by atoms with Crippen LogP contribution in [0.4, 0.5) is 0 Å². The van der Waals surface area contributed by atoms with Crippen LogP contribution in [0.2, 0.25) is 0 Å². The molecule has 1 unspecified atom stereocenters. The minimum atomic E-state index is 0.272. The summed E-state index contributed by atoms with van der Waals surface area (Å²) in [7, 11) is 0. The number of hydrogen-bond acceptors (Lipinski definition) is 3. The molecule has 19 heavy (non-hydrogen) atoms. The van der Waals surface area contributed by atoms with E-state index >= 15 is 0 Å². The van der Waals surface area contributed by atoms with Gasteiger partial charge in [0.1, 0.15) is 0 Å².